The molecule has 0 aromatic heterocycles. The Hall–Kier alpha value is -1.76. The standard InChI is InChI=1S/C16H13Cl2FN2O2S/c17-11-6-5-10(12(18)8-11)7-15(22)20-21-16(23)9-24-14-4-2-1-3-13(14)19/h1-6,8H,7,9H2,(H,20,22)(H,21,23). The number of amides is 2. The molecular weight excluding hydrogens is 374 g/mol. The van der Waals surface area contributed by atoms with Crippen molar-refractivity contribution in [3.63, 3.8) is 0 Å². The third-order valence-electron chi connectivity index (χ3n) is 2.90. The van der Waals surface area contributed by atoms with E-state index in [2.05, 4.69) is 10.9 Å². The Bertz CT molecular complexity index is 759. The van der Waals surface area contributed by atoms with Gasteiger partial charge in [0.1, 0.15) is 5.82 Å². The molecule has 0 fully saturated rings. The molecular formula is C16H13Cl2FN2O2S. The van der Waals surface area contributed by atoms with Crippen molar-refractivity contribution in [1.29, 1.82) is 0 Å². The highest BCUT2D eigenvalue weighted by Crippen LogP contribution is 2.21. The van der Waals surface area contributed by atoms with Crippen LogP contribution in [0.5, 0.6) is 0 Å². The minimum Gasteiger partial charge on any atom is -0.273 e. The van der Waals surface area contributed by atoms with Gasteiger partial charge >= 0.3 is 0 Å². The van der Waals surface area contributed by atoms with Gasteiger partial charge in [-0.1, -0.05) is 41.4 Å². The Labute approximate surface area is 152 Å². The zero-order valence-corrected chi connectivity index (χ0v) is 14.6. The first-order chi connectivity index (χ1) is 11.5. The molecule has 0 atom stereocenters. The molecule has 0 heterocycles. The lowest BCUT2D eigenvalue weighted by atomic mass is 10.1. The second-order valence-corrected chi connectivity index (χ2v) is 6.59. The molecule has 0 aliphatic carbocycles. The van der Waals surface area contributed by atoms with E-state index in [1.54, 1.807) is 30.3 Å². The number of benzene rings is 2. The van der Waals surface area contributed by atoms with E-state index in [-0.39, 0.29) is 12.2 Å². The molecule has 2 N–H and O–H groups in total. The molecule has 2 aromatic rings. The highest BCUT2D eigenvalue weighted by Gasteiger charge is 2.10. The second-order valence-electron chi connectivity index (χ2n) is 4.73. The van der Waals surface area contributed by atoms with Gasteiger partial charge in [0.2, 0.25) is 11.8 Å². The first kappa shape index (κ1) is 18.6. The summed E-state index contributed by atoms with van der Waals surface area (Å²) >= 11 is 12.8. The molecule has 0 unspecified atom stereocenters. The zero-order chi connectivity index (χ0) is 17.5. The van der Waals surface area contributed by atoms with Crippen LogP contribution >= 0.6 is 35.0 Å². The highest BCUT2D eigenvalue weighted by molar-refractivity contribution is 8.00. The monoisotopic (exact) mass is 386 g/mol. The molecule has 0 saturated heterocycles. The van der Waals surface area contributed by atoms with Crippen molar-refractivity contribution in [2.24, 2.45) is 0 Å². The molecule has 0 saturated carbocycles. The maximum Gasteiger partial charge on any atom is 0.248 e. The van der Waals surface area contributed by atoms with Crippen LogP contribution in [-0.2, 0) is 16.0 Å². The van der Waals surface area contributed by atoms with Crippen LogP contribution in [0.25, 0.3) is 0 Å². The Morgan fingerprint density at radius 2 is 1.75 bits per heavy atom. The Morgan fingerprint density at radius 1 is 1.04 bits per heavy atom. The second kappa shape index (κ2) is 8.92. The zero-order valence-electron chi connectivity index (χ0n) is 12.3. The predicted octanol–water partition coefficient (Wildman–Crippen LogP) is 3.61. The fraction of sp³-hybridized carbons (Fsp3) is 0.125. The van der Waals surface area contributed by atoms with E-state index in [4.69, 9.17) is 23.2 Å². The van der Waals surface area contributed by atoms with Crippen LogP contribution in [0.2, 0.25) is 10.0 Å². The lowest BCUT2D eigenvalue weighted by Gasteiger charge is -2.08. The normalized spacial score (nSPS) is 10.3. The molecule has 126 valence electrons. The quantitative estimate of drug-likeness (QED) is 0.609. The van der Waals surface area contributed by atoms with Crippen molar-refractivity contribution in [3.05, 3.63) is 63.9 Å². The van der Waals surface area contributed by atoms with E-state index in [9.17, 15) is 14.0 Å². The largest absolute Gasteiger partial charge is 0.273 e. The average Bonchev–Trinajstić information content (AvgIpc) is 2.55. The first-order valence-electron chi connectivity index (χ1n) is 6.84. The van der Waals surface area contributed by atoms with Crippen molar-refractivity contribution in [2.45, 2.75) is 11.3 Å². The Morgan fingerprint density at radius 3 is 2.46 bits per heavy atom. The minimum atomic E-state index is -0.446. The van der Waals surface area contributed by atoms with E-state index in [0.29, 0.717) is 20.5 Å². The van der Waals surface area contributed by atoms with Crippen molar-refractivity contribution in [1.82, 2.24) is 10.9 Å². The molecule has 0 radical (unpaired) electrons. The highest BCUT2D eigenvalue weighted by atomic mass is 35.5. The lowest BCUT2D eigenvalue weighted by molar-refractivity contribution is -0.127. The van der Waals surface area contributed by atoms with Gasteiger partial charge in [0, 0.05) is 14.9 Å². The summed E-state index contributed by atoms with van der Waals surface area (Å²) in [5, 5.41) is 0.849. The summed E-state index contributed by atoms with van der Waals surface area (Å²) < 4.78 is 13.4. The number of nitrogens with one attached hydrogen (secondary N) is 2. The molecule has 2 aromatic carbocycles. The molecule has 0 aliphatic heterocycles. The van der Waals surface area contributed by atoms with Gasteiger partial charge in [-0.05, 0) is 29.8 Å². The van der Waals surface area contributed by atoms with Gasteiger partial charge in [0.15, 0.2) is 0 Å². The van der Waals surface area contributed by atoms with E-state index < -0.39 is 17.6 Å². The number of thioether (sulfide) groups is 1. The number of carbonyl (C=O) groups is 2. The van der Waals surface area contributed by atoms with Crippen molar-refractivity contribution >= 4 is 46.8 Å². The van der Waals surface area contributed by atoms with Gasteiger partial charge in [-0.3, -0.25) is 20.4 Å². The third-order valence-corrected chi connectivity index (χ3v) is 4.54. The number of halogens is 3. The SMILES string of the molecule is O=C(CSc1ccccc1F)NNC(=O)Cc1ccc(Cl)cc1Cl. The molecule has 24 heavy (non-hydrogen) atoms. The molecule has 2 amide bonds. The van der Waals surface area contributed by atoms with Crippen LogP contribution in [0.4, 0.5) is 4.39 Å². The molecule has 0 bridgehead atoms. The lowest BCUT2D eigenvalue weighted by Crippen LogP contribution is -2.43. The smallest absolute Gasteiger partial charge is 0.248 e. The summed E-state index contributed by atoms with van der Waals surface area (Å²) in [6.07, 6.45) is -0.00324. The average molecular weight is 387 g/mol. The predicted molar refractivity (Wildman–Crippen MR) is 93.6 cm³/mol. The topological polar surface area (TPSA) is 58.2 Å². The van der Waals surface area contributed by atoms with Crippen LogP contribution in [0, 0.1) is 5.82 Å². The maximum absolute atomic E-state index is 13.4. The van der Waals surface area contributed by atoms with Gasteiger partial charge in [0.05, 0.1) is 12.2 Å². The van der Waals surface area contributed by atoms with Gasteiger partial charge in [-0.25, -0.2) is 4.39 Å². The number of hydrogen-bond acceptors (Lipinski definition) is 3. The van der Waals surface area contributed by atoms with Crippen molar-refractivity contribution < 1.29 is 14.0 Å². The first-order valence-corrected chi connectivity index (χ1v) is 8.59. The summed E-state index contributed by atoms with van der Waals surface area (Å²) in [6, 6.07) is 10.9. The van der Waals surface area contributed by atoms with Crippen molar-refractivity contribution in [2.75, 3.05) is 5.75 Å². The number of carbonyl (C=O) groups excluding carboxylic acids is 2. The molecule has 0 aliphatic rings. The molecule has 2 rings (SSSR count). The fourth-order valence-corrected chi connectivity index (χ4v) is 2.98. The summed E-state index contributed by atoms with van der Waals surface area (Å²) in [6.45, 7) is 0. The van der Waals surface area contributed by atoms with Crippen LogP contribution in [0.3, 0.4) is 0 Å². The summed E-state index contributed by atoms with van der Waals surface area (Å²) in [5.74, 6) is -1.29. The van der Waals surface area contributed by atoms with Crippen LogP contribution in [-0.4, -0.2) is 17.6 Å². The summed E-state index contributed by atoms with van der Waals surface area (Å²) in [4.78, 5) is 23.8. The Balaban J connectivity index is 1.77. The molecule has 0 spiro atoms. The number of rotatable bonds is 5. The van der Waals surface area contributed by atoms with Crippen molar-refractivity contribution in [3.8, 4) is 0 Å². The maximum atomic E-state index is 13.4. The van der Waals surface area contributed by atoms with E-state index in [1.807, 2.05) is 0 Å². The number of hydrazine groups is 1. The molecule has 4 nitrogen and oxygen atoms in total. The third kappa shape index (κ3) is 5.70. The van der Waals surface area contributed by atoms with Gasteiger partial charge < -0.3 is 0 Å². The van der Waals surface area contributed by atoms with E-state index >= 15 is 0 Å². The van der Waals surface area contributed by atoms with Crippen LogP contribution in [0.1, 0.15) is 5.56 Å². The van der Waals surface area contributed by atoms with Crippen LogP contribution in [0.15, 0.2) is 47.4 Å². The van der Waals surface area contributed by atoms with Gasteiger partial charge in [0.25, 0.3) is 0 Å². The van der Waals surface area contributed by atoms with Crippen LogP contribution < -0.4 is 10.9 Å². The fourth-order valence-electron chi connectivity index (χ4n) is 1.76. The minimum absolute atomic E-state index is 0.00324. The van der Waals surface area contributed by atoms with Gasteiger partial charge in [-0.15, -0.1) is 11.8 Å². The van der Waals surface area contributed by atoms with Gasteiger partial charge in [-0.2, -0.15) is 0 Å². The number of hydrogen-bond donors (Lipinski definition) is 2. The van der Waals surface area contributed by atoms with E-state index in [1.165, 1.54) is 12.1 Å². The summed E-state index contributed by atoms with van der Waals surface area (Å²) in [5.41, 5.74) is 5.15. The summed E-state index contributed by atoms with van der Waals surface area (Å²) in [7, 11) is 0. The Kier molecular flexibility index (Phi) is 6.90. The molecule has 8 heteroatoms. The van der Waals surface area contributed by atoms with E-state index in [0.717, 1.165) is 11.8 Å².